The molecule has 258 valence electrons. The van der Waals surface area contributed by atoms with Crippen molar-refractivity contribution >= 4 is 33.5 Å². The Morgan fingerprint density at radius 1 is 0.636 bits per heavy atom. The molecule has 0 aromatic heterocycles. The summed E-state index contributed by atoms with van der Waals surface area (Å²) in [6.07, 6.45) is 9.91. The lowest BCUT2D eigenvalue weighted by Gasteiger charge is -2.32. The SMILES string of the molecule is COC(CCCC(=O)OCCC1CCN(CCSSCCN2CCC(CCOC(=O)CCCC(OC)OC)CC2)CC1)OC. The van der Waals surface area contributed by atoms with E-state index >= 15 is 0 Å². The highest BCUT2D eigenvalue weighted by Gasteiger charge is 2.21. The van der Waals surface area contributed by atoms with Crippen molar-refractivity contribution in [3.05, 3.63) is 0 Å². The molecule has 2 saturated heterocycles. The fourth-order valence-corrected chi connectivity index (χ4v) is 7.82. The summed E-state index contributed by atoms with van der Waals surface area (Å²) in [5.74, 6) is 3.42. The van der Waals surface area contributed by atoms with Crippen LogP contribution in [0.15, 0.2) is 0 Å². The number of esters is 2. The minimum absolute atomic E-state index is 0.116. The summed E-state index contributed by atoms with van der Waals surface area (Å²) in [5.41, 5.74) is 0. The Labute approximate surface area is 274 Å². The van der Waals surface area contributed by atoms with Crippen molar-refractivity contribution in [2.45, 2.75) is 89.6 Å². The Morgan fingerprint density at radius 2 is 1.00 bits per heavy atom. The smallest absolute Gasteiger partial charge is 0.305 e. The monoisotopic (exact) mass is 664 g/mol. The third-order valence-electron chi connectivity index (χ3n) is 8.75. The lowest BCUT2D eigenvalue weighted by Crippen LogP contribution is -2.36. The molecule has 2 fully saturated rings. The average Bonchev–Trinajstić information content (AvgIpc) is 3.04. The minimum atomic E-state index is -0.246. The summed E-state index contributed by atoms with van der Waals surface area (Å²) >= 11 is 0. The van der Waals surface area contributed by atoms with Gasteiger partial charge in [0.2, 0.25) is 0 Å². The lowest BCUT2D eigenvalue weighted by atomic mass is 9.94. The van der Waals surface area contributed by atoms with Crippen molar-refractivity contribution < 1.29 is 38.0 Å². The summed E-state index contributed by atoms with van der Waals surface area (Å²) in [6.45, 7) is 7.97. The topological polar surface area (TPSA) is 96.0 Å². The van der Waals surface area contributed by atoms with Gasteiger partial charge in [-0.1, -0.05) is 21.6 Å². The van der Waals surface area contributed by atoms with Crippen LogP contribution in [0.25, 0.3) is 0 Å². The Bertz CT molecular complexity index is 669. The number of nitrogens with zero attached hydrogens (tertiary/aromatic N) is 2. The summed E-state index contributed by atoms with van der Waals surface area (Å²) in [6, 6.07) is 0. The molecule has 0 bridgehead atoms. The molecule has 2 rings (SSSR count). The van der Waals surface area contributed by atoms with Crippen LogP contribution in [0.4, 0.5) is 0 Å². The van der Waals surface area contributed by atoms with Crippen molar-refractivity contribution in [1.82, 2.24) is 9.80 Å². The first-order valence-corrected chi connectivity index (χ1v) is 19.1. The molecular formula is C32H60N2O8S2. The first kappa shape index (κ1) is 39.6. The van der Waals surface area contributed by atoms with Gasteiger partial charge in [0.05, 0.1) is 13.2 Å². The molecule has 2 aliphatic rings. The predicted octanol–water partition coefficient (Wildman–Crippen LogP) is 5.24. The molecule has 0 aromatic rings. The number of carbonyl (C=O) groups is 2. The number of carbonyl (C=O) groups excluding carboxylic acids is 2. The van der Waals surface area contributed by atoms with Crippen LogP contribution < -0.4 is 0 Å². The maximum Gasteiger partial charge on any atom is 0.305 e. The van der Waals surface area contributed by atoms with Crippen LogP contribution in [0, 0.1) is 11.8 Å². The van der Waals surface area contributed by atoms with Crippen molar-refractivity contribution in [3.63, 3.8) is 0 Å². The second-order valence-corrected chi connectivity index (χ2v) is 14.5. The van der Waals surface area contributed by atoms with Gasteiger partial charge >= 0.3 is 11.9 Å². The average molecular weight is 665 g/mol. The molecule has 0 N–H and O–H groups in total. The van der Waals surface area contributed by atoms with Crippen LogP contribution in [-0.4, -0.2) is 127 Å². The van der Waals surface area contributed by atoms with Gasteiger partial charge in [-0.15, -0.1) is 0 Å². The lowest BCUT2D eigenvalue weighted by molar-refractivity contribution is -0.146. The number of rotatable bonds is 25. The van der Waals surface area contributed by atoms with Gasteiger partial charge in [0.1, 0.15) is 0 Å². The van der Waals surface area contributed by atoms with Gasteiger partial charge in [-0.3, -0.25) is 9.59 Å². The molecule has 2 aliphatic heterocycles. The van der Waals surface area contributed by atoms with E-state index in [1.807, 2.05) is 21.6 Å². The maximum atomic E-state index is 12.0. The zero-order valence-electron chi connectivity index (χ0n) is 27.8. The minimum Gasteiger partial charge on any atom is -0.466 e. The maximum absolute atomic E-state index is 12.0. The number of hydrogen-bond acceptors (Lipinski definition) is 12. The van der Waals surface area contributed by atoms with E-state index in [1.165, 1.54) is 37.2 Å². The first-order chi connectivity index (χ1) is 21.5. The predicted molar refractivity (Wildman–Crippen MR) is 178 cm³/mol. The van der Waals surface area contributed by atoms with E-state index in [0.717, 1.165) is 52.1 Å². The zero-order valence-corrected chi connectivity index (χ0v) is 29.5. The third kappa shape index (κ3) is 18.5. The molecule has 2 heterocycles. The molecule has 0 aliphatic carbocycles. The van der Waals surface area contributed by atoms with Crippen molar-refractivity contribution in [2.24, 2.45) is 11.8 Å². The van der Waals surface area contributed by atoms with Gasteiger partial charge in [0, 0.05) is 65.9 Å². The van der Waals surface area contributed by atoms with E-state index in [-0.39, 0.29) is 24.5 Å². The second-order valence-electron chi connectivity index (χ2n) is 11.8. The van der Waals surface area contributed by atoms with Crippen molar-refractivity contribution in [1.29, 1.82) is 0 Å². The van der Waals surface area contributed by atoms with Gasteiger partial charge in [-0.05, 0) is 102 Å². The summed E-state index contributed by atoms with van der Waals surface area (Å²) in [5, 5.41) is 0. The van der Waals surface area contributed by atoms with Crippen LogP contribution in [0.3, 0.4) is 0 Å². The Balaban J connectivity index is 1.37. The van der Waals surface area contributed by atoms with Gasteiger partial charge in [0.25, 0.3) is 0 Å². The highest BCUT2D eigenvalue weighted by Crippen LogP contribution is 2.26. The summed E-state index contributed by atoms with van der Waals surface area (Å²) in [7, 11) is 10.4. The first-order valence-electron chi connectivity index (χ1n) is 16.6. The highest BCUT2D eigenvalue weighted by atomic mass is 33.1. The van der Waals surface area contributed by atoms with E-state index in [9.17, 15) is 9.59 Å². The van der Waals surface area contributed by atoms with Crippen LogP contribution in [0.1, 0.15) is 77.0 Å². The Morgan fingerprint density at radius 3 is 1.34 bits per heavy atom. The third-order valence-corrected chi connectivity index (χ3v) is 11.1. The highest BCUT2D eigenvalue weighted by molar-refractivity contribution is 8.76. The fourth-order valence-electron chi connectivity index (χ4n) is 5.76. The molecular weight excluding hydrogens is 604 g/mol. The van der Waals surface area contributed by atoms with E-state index in [4.69, 9.17) is 28.4 Å². The van der Waals surface area contributed by atoms with Crippen LogP contribution >= 0.6 is 21.6 Å². The number of piperidine rings is 2. The van der Waals surface area contributed by atoms with E-state index in [1.54, 1.807) is 28.4 Å². The number of likely N-dealkylation sites (tertiary alicyclic amines) is 2. The molecule has 0 spiro atoms. The summed E-state index contributed by atoms with van der Waals surface area (Å²) < 4.78 is 31.5. The fraction of sp³-hybridized carbons (Fsp3) is 0.938. The van der Waals surface area contributed by atoms with Crippen LogP contribution in [-0.2, 0) is 38.0 Å². The Hall–Kier alpha value is -0.600. The molecule has 0 unspecified atom stereocenters. The second kappa shape index (κ2) is 25.5. The van der Waals surface area contributed by atoms with Crippen molar-refractivity contribution in [2.75, 3.05) is 92.4 Å². The normalized spacial score (nSPS) is 17.5. The van der Waals surface area contributed by atoms with Gasteiger partial charge in [-0.2, -0.15) is 0 Å². The van der Waals surface area contributed by atoms with E-state index in [2.05, 4.69) is 9.80 Å². The van der Waals surface area contributed by atoms with Gasteiger partial charge in [-0.25, -0.2) is 0 Å². The summed E-state index contributed by atoms with van der Waals surface area (Å²) in [4.78, 5) is 29.1. The Kier molecular flexibility index (Phi) is 22.9. The standard InChI is InChI=1S/C32H60N2O8S2/c1-37-31(38-2)9-5-7-29(35)41-23-15-27-11-17-33(18-12-27)21-25-43-44-26-22-34-19-13-28(14-20-34)16-24-42-30(36)8-6-10-32(39-3)40-4/h27-28,31-32H,5-26H2,1-4H3. The molecule has 0 aromatic carbocycles. The molecule has 0 radical (unpaired) electrons. The molecule has 0 atom stereocenters. The number of hydrogen-bond donors (Lipinski definition) is 0. The molecule has 0 amide bonds. The molecule has 44 heavy (non-hydrogen) atoms. The molecule has 12 heteroatoms. The largest absolute Gasteiger partial charge is 0.466 e. The van der Waals surface area contributed by atoms with E-state index < -0.39 is 0 Å². The molecule has 10 nitrogen and oxygen atoms in total. The van der Waals surface area contributed by atoms with Crippen LogP contribution in [0.2, 0.25) is 0 Å². The van der Waals surface area contributed by atoms with Crippen LogP contribution in [0.5, 0.6) is 0 Å². The zero-order chi connectivity index (χ0) is 31.8. The van der Waals surface area contributed by atoms with E-state index in [0.29, 0.717) is 63.6 Å². The van der Waals surface area contributed by atoms with Crippen molar-refractivity contribution in [3.8, 4) is 0 Å². The number of methoxy groups -OCH3 is 4. The number of ether oxygens (including phenoxy) is 6. The van der Waals surface area contributed by atoms with Gasteiger partial charge in [0.15, 0.2) is 12.6 Å². The molecule has 0 saturated carbocycles. The van der Waals surface area contributed by atoms with Gasteiger partial charge < -0.3 is 38.2 Å². The quantitative estimate of drug-likeness (QED) is 0.0553.